The number of carbonyl (C=O) groups is 1. The van der Waals surface area contributed by atoms with E-state index in [1.807, 2.05) is 13.8 Å². The van der Waals surface area contributed by atoms with Crippen molar-refractivity contribution in [2.24, 2.45) is 5.92 Å². The quantitative estimate of drug-likeness (QED) is 0.692. The van der Waals surface area contributed by atoms with E-state index in [9.17, 15) is 9.90 Å². The number of aliphatic hydroxyl groups is 1. The normalized spacial score (nSPS) is 17.6. The lowest BCUT2D eigenvalue weighted by Gasteiger charge is -2.25. The lowest BCUT2D eigenvalue weighted by atomic mass is 9.94. The van der Waals surface area contributed by atoms with Crippen LogP contribution in [0.15, 0.2) is 0 Å². The fourth-order valence-electron chi connectivity index (χ4n) is 1.37. The maximum absolute atomic E-state index is 11.1. The smallest absolute Gasteiger partial charge is 0.237 e. The first kappa shape index (κ1) is 13.7. The first-order valence-electron chi connectivity index (χ1n) is 4.89. The maximum atomic E-state index is 11.1. The van der Waals surface area contributed by atoms with Crippen molar-refractivity contribution >= 4 is 17.5 Å². The molecule has 2 N–H and O–H groups in total. The zero-order valence-electron chi connectivity index (χ0n) is 9.30. The second kappa shape index (κ2) is 5.56. The molecule has 0 fully saturated rings. The fourth-order valence-corrected chi connectivity index (χ4v) is 1.45. The minimum atomic E-state index is -0.852. The van der Waals surface area contributed by atoms with E-state index in [0.717, 1.165) is 0 Å². The van der Waals surface area contributed by atoms with Gasteiger partial charge in [-0.25, -0.2) is 0 Å². The van der Waals surface area contributed by atoms with Gasteiger partial charge in [-0.2, -0.15) is 0 Å². The molecule has 84 valence electrons. The van der Waals surface area contributed by atoms with E-state index in [-0.39, 0.29) is 12.5 Å². The largest absolute Gasteiger partial charge is 0.388 e. The minimum absolute atomic E-state index is 0.240. The molecule has 1 amide bonds. The van der Waals surface area contributed by atoms with E-state index < -0.39 is 11.0 Å². The summed E-state index contributed by atoms with van der Waals surface area (Å²) in [5.74, 6) is 0.158. The van der Waals surface area contributed by atoms with Crippen molar-refractivity contribution in [2.45, 2.75) is 45.1 Å². The molecule has 0 bridgehead atoms. The van der Waals surface area contributed by atoms with Gasteiger partial charge >= 0.3 is 0 Å². The summed E-state index contributed by atoms with van der Waals surface area (Å²) >= 11 is 5.57. The standard InChI is InChI=1S/C10H20ClNO2/c1-7(2)5-10(4,14)6-12-9(13)8(3)11/h7-8,14H,5-6H2,1-4H3,(H,12,13). The first-order valence-corrected chi connectivity index (χ1v) is 5.32. The Morgan fingerprint density at radius 3 is 2.36 bits per heavy atom. The number of hydrogen-bond donors (Lipinski definition) is 2. The average Bonchev–Trinajstić information content (AvgIpc) is 1.97. The maximum Gasteiger partial charge on any atom is 0.237 e. The summed E-state index contributed by atoms with van der Waals surface area (Å²) in [7, 11) is 0. The van der Waals surface area contributed by atoms with Crippen molar-refractivity contribution in [1.82, 2.24) is 5.32 Å². The van der Waals surface area contributed by atoms with Crippen molar-refractivity contribution in [2.75, 3.05) is 6.54 Å². The van der Waals surface area contributed by atoms with Gasteiger partial charge in [0.05, 0.1) is 5.60 Å². The van der Waals surface area contributed by atoms with Crippen LogP contribution < -0.4 is 5.32 Å². The molecule has 3 nitrogen and oxygen atoms in total. The monoisotopic (exact) mass is 221 g/mol. The van der Waals surface area contributed by atoms with Crippen LogP contribution in [-0.2, 0) is 4.79 Å². The van der Waals surface area contributed by atoms with Gasteiger partial charge < -0.3 is 10.4 Å². The number of alkyl halides is 1. The van der Waals surface area contributed by atoms with Crippen LogP contribution in [0.1, 0.15) is 34.1 Å². The third-order valence-corrected chi connectivity index (χ3v) is 2.05. The first-order chi connectivity index (χ1) is 6.24. The second-order valence-electron chi connectivity index (χ2n) is 4.43. The minimum Gasteiger partial charge on any atom is -0.388 e. The van der Waals surface area contributed by atoms with Crippen LogP contribution >= 0.6 is 11.6 Å². The highest BCUT2D eigenvalue weighted by Crippen LogP contribution is 2.15. The molecule has 0 aliphatic rings. The summed E-state index contributed by atoms with van der Waals surface area (Å²) in [6.07, 6.45) is 0.657. The molecule has 2 unspecified atom stereocenters. The number of carbonyl (C=O) groups excluding carboxylic acids is 1. The number of hydrogen-bond acceptors (Lipinski definition) is 2. The highest BCUT2D eigenvalue weighted by atomic mass is 35.5. The van der Waals surface area contributed by atoms with Gasteiger partial charge in [0, 0.05) is 6.54 Å². The third kappa shape index (κ3) is 6.22. The Morgan fingerprint density at radius 1 is 1.50 bits per heavy atom. The van der Waals surface area contributed by atoms with Crippen LogP contribution in [0.3, 0.4) is 0 Å². The summed E-state index contributed by atoms with van der Waals surface area (Å²) in [6, 6.07) is 0. The summed E-state index contributed by atoms with van der Waals surface area (Å²) in [6.45, 7) is 7.63. The van der Waals surface area contributed by atoms with E-state index >= 15 is 0 Å². The van der Waals surface area contributed by atoms with E-state index in [4.69, 9.17) is 11.6 Å². The Kier molecular flexibility index (Phi) is 5.45. The van der Waals surface area contributed by atoms with Gasteiger partial charge in [-0.1, -0.05) is 13.8 Å². The predicted octanol–water partition coefficient (Wildman–Crippen LogP) is 1.53. The Bertz CT molecular complexity index is 191. The molecule has 0 saturated carbocycles. The molecule has 0 rings (SSSR count). The number of rotatable bonds is 5. The van der Waals surface area contributed by atoms with Crippen molar-refractivity contribution < 1.29 is 9.90 Å². The summed E-state index contributed by atoms with van der Waals surface area (Å²) < 4.78 is 0. The number of amides is 1. The molecule has 14 heavy (non-hydrogen) atoms. The molecule has 4 heteroatoms. The summed E-state index contributed by atoms with van der Waals surface area (Å²) in [5.41, 5.74) is -0.852. The van der Waals surface area contributed by atoms with Crippen molar-refractivity contribution in [3.8, 4) is 0 Å². The third-order valence-electron chi connectivity index (χ3n) is 1.85. The molecule has 0 aromatic carbocycles. The van der Waals surface area contributed by atoms with Gasteiger partial charge in [-0.3, -0.25) is 4.79 Å². The van der Waals surface area contributed by atoms with Gasteiger partial charge in [0.25, 0.3) is 0 Å². The van der Waals surface area contributed by atoms with Gasteiger partial charge in [-0.05, 0) is 26.2 Å². The Hall–Kier alpha value is -0.280. The van der Waals surface area contributed by atoms with Crippen molar-refractivity contribution in [1.29, 1.82) is 0 Å². The summed E-state index contributed by atoms with van der Waals surface area (Å²) in [4.78, 5) is 11.1. The molecule has 0 aromatic heterocycles. The van der Waals surface area contributed by atoms with Gasteiger partial charge in [0.15, 0.2) is 0 Å². The molecular formula is C10H20ClNO2. The average molecular weight is 222 g/mol. The predicted molar refractivity (Wildman–Crippen MR) is 58.4 cm³/mol. The Labute approximate surface area is 90.8 Å². The molecule has 0 saturated heterocycles. The molecule has 0 radical (unpaired) electrons. The molecule has 0 heterocycles. The SMILES string of the molecule is CC(C)CC(C)(O)CNC(=O)C(C)Cl. The van der Waals surface area contributed by atoms with Crippen molar-refractivity contribution in [3.63, 3.8) is 0 Å². The van der Waals surface area contributed by atoms with E-state index in [0.29, 0.717) is 12.3 Å². The zero-order chi connectivity index (χ0) is 11.4. The lowest BCUT2D eigenvalue weighted by molar-refractivity contribution is -0.121. The Balaban J connectivity index is 3.92. The zero-order valence-corrected chi connectivity index (χ0v) is 10.1. The molecule has 2 atom stereocenters. The number of halogens is 1. The summed E-state index contributed by atoms with van der Waals surface area (Å²) in [5, 5.41) is 11.9. The van der Waals surface area contributed by atoms with Crippen LogP contribution in [0.4, 0.5) is 0 Å². The lowest BCUT2D eigenvalue weighted by Crippen LogP contribution is -2.43. The number of nitrogens with one attached hydrogen (secondary N) is 1. The van der Waals surface area contributed by atoms with E-state index in [2.05, 4.69) is 5.32 Å². The molecule has 0 aliphatic carbocycles. The highest BCUT2D eigenvalue weighted by Gasteiger charge is 2.23. The molecule has 0 aliphatic heterocycles. The van der Waals surface area contributed by atoms with Gasteiger partial charge in [0.1, 0.15) is 5.38 Å². The van der Waals surface area contributed by atoms with Gasteiger partial charge in [-0.15, -0.1) is 11.6 Å². The van der Waals surface area contributed by atoms with Crippen LogP contribution in [0, 0.1) is 5.92 Å². The van der Waals surface area contributed by atoms with Crippen LogP contribution in [0.5, 0.6) is 0 Å². The Morgan fingerprint density at radius 2 is 2.00 bits per heavy atom. The topological polar surface area (TPSA) is 49.3 Å². The molecular weight excluding hydrogens is 202 g/mol. The van der Waals surface area contributed by atoms with Crippen LogP contribution in [0.2, 0.25) is 0 Å². The van der Waals surface area contributed by atoms with Crippen LogP contribution in [0.25, 0.3) is 0 Å². The van der Waals surface area contributed by atoms with Gasteiger partial charge in [0.2, 0.25) is 5.91 Å². The fraction of sp³-hybridized carbons (Fsp3) is 0.900. The van der Waals surface area contributed by atoms with Crippen molar-refractivity contribution in [3.05, 3.63) is 0 Å². The second-order valence-corrected chi connectivity index (χ2v) is 5.08. The molecule has 0 aromatic rings. The van der Waals surface area contributed by atoms with Crippen LogP contribution in [-0.4, -0.2) is 28.5 Å². The van der Waals surface area contributed by atoms with E-state index in [1.165, 1.54) is 0 Å². The van der Waals surface area contributed by atoms with E-state index in [1.54, 1.807) is 13.8 Å². The highest BCUT2D eigenvalue weighted by molar-refractivity contribution is 6.30. The molecule has 0 spiro atoms.